The van der Waals surface area contributed by atoms with Crippen LogP contribution in [0.5, 0.6) is 0 Å². The molecule has 1 saturated carbocycles. The Balaban J connectivity index is 2.51. The molecule has 0 unspecified atom stereocenters. The normalized spacial score (nSPS) is 19.3. The Morgan fingerprint density at radius 2 is 1.93 bits per heavy atom. The zero-order valence-corrected chi connectivity index (χ0v) is 8.52. The molecule has 1 aromatic rings. The van der Waals surface area contributed by atoms with Gasteiger partial charge in [-0.25, -0.2) is 0 Å². The predicted molar refractivity (Wildman–Crippen MR) is 49.3 cm³/mol. The van der Waals surface area contributed by atoms with Crippen molar-refractivity contribution in [2.24, 2.45) is 7.05 Å². The summed E-state index contributed by atoms with van der Waals surface area (Å²) in [6, 6.07) is 0. The van der Waals surface area contributed by atoms with Crippen molar-refractivity contribution in [3.8, 4) is 0 Å². The second-order valence-corrected chi connectivity index (χ2v) is 4.06. The van der Waals surface area contributed by atoms with E-state index in [1.54, 1.807) is 14.0 Å². The van der Waals surface area contributed by atoms with Gasteiger partial charge in [-0.1, -0.05) is 0 Å². The van der Waals surface area contributed by atoms with Gasteiger partial charge >= 0.3 is 6.18 Å². The lowest BCUT2D eigenvalue weighted by Gasteiger charge is -2.17. The first kappa shape index (κ1) is 10.3. The molecule has 1 aromatic heterocycles. The van der Waals surface area contributed by atoms with Crippen molar-refractivity contribution in [1.29, 1.82) is 0 Å². The van der Waals surface area contributed by atoms with Gasteiger partial charge in [0.2, 0.25) is 0 Å². The second kappa shape index (κ2) is 2.68. The van der Waals surface area contributed by atoms with E-state index in [0.717, 1.165) is 0 Å². The number of halogens is 3. The minimum Gasteiger partial charge on any atom is -0.384 e. The van der Waals surface area contributed by atoms with Crippen LogP contribution in [-0.4, -0.2) is 16.0 Å². The Morgan fingerprint density at radius 1 is 1.40 bits per heavy atom. The van der Waals surface area contributed by atoms with Crippen LogP contribution in [-0.2, 0) is 12.5 Å². The molecule has 1 fully saturated rings. The van der Waals surface area contributed by atoms with Crippen molar-refractivity contribution >= 4 is 5.82 Å². The van der Waals surface area contributed by atoms with Gasteiger partial charge in [-0.2, -0.15) is 18.3 Å². The topological polar surface area (TPSA) is 43.8 Å². The predicted octanol–water partition coefficient (Wildman–Crippen LogP) is 1.90. The lowest BCUT2D eigenvalue weighted by atomic mass is 9.98. The quantitative estimate of drug-likeness (QED) is 0.784. The fraction of sp³-hybridized carbons (Fsp3) is 0.667. The summed E-state index contributed by atoms with van der Waals surface area (Å²) in [5, 5.41) is 3.88. The molecule has 1 aliphatic carbocycles. The van der Waals surface area contributed by atoms with E-state index in [9.17, 15) is 13.2 Å². The van der Waals surface area contributed by atoms with Crippen LogP contribution in [0.25, 0.3) is 0 Å². The number of aryl methyl sites for hydroxylation is 1. The molecule has 3 nitrogen and oxygen atoms in total. The van der Waals surface area contributed by atoms with Crippen LogP contribution in [0.3, 0.4) is 0 Å². The molecule has 0 atom stereocenters. The fourth-order valence-electron chi connectivity index (χ4n) is 1.88. The van der Waals surface area contributed by atoms with Gasteiger partial charge < -0.3 is 5.73 Å². The Labute approximate surface area is 85.1 Å². The first-order chi connectivity index (χ1) is 6.79. The summed E-state index contributed by atoms with van der Waals surface area (Å²) in [4.78, 5) is 0. The summed E-state index contributed by atoms with van der Waals surface area (Å²) in [6.07, 6.45) is -3.99. The minimum atomic E-state index is -4.22. The van der Waals surface area contributed by atoms with Gasteiger partial charge in [-0.05, 0) is 19.8 Å². The Hall–Kier alpha value is -1.20. The Bertz CT molecular complexity index is 401. The number of alkyl halides is 3. The van der Waals surface area contributed by atoms with Crippen molar-refractivity contribution in [3.63, 3.8) is 0 Å². The molecule has 0 radical (unpaired) electrons. The molecule has 15 heavy (non-hydrogen) atoms. The van der Waals surface area contributed by atoms with Crippen LogP contribution in [0.2, 0.25) is 0 Å². The average molecular weight is 219 g/mol. The van der Waals surface area contributed by atoms with Gasteiger partial charge in [-0.3, -0.25) is 4.68 Å². The van der Waals surface area contributed by atoms with Gasteiger partial charge in [0.05, 0.1) is 5.69 Å². The van der Waals surface area contributed by atoms with E-state index < -0.39 is 11.6 Å². The first-order valence-electron chi connectivity index (χ1n) is 4.66. The number of rotatable bonds is 1. The van der Waals surface area contributed by atoms with Gasteiger partial charge in [0.1, 0.15) is 11.2 Å². The minimum absolute atomic E-state index is 0.0926. The molecule has 2 rings (SSSR count). The van der Waals surface area contributed by atoms with E-state index in [2.05, 4.69) is 5.10 Å². The zero-order valence-electron chi connectivity index (χ0n) is 8.52. The molecule has 1 aliphatic rings. The van der Waals surface area contributed by atoms with E-state index in [0.29, 0.717) is 11.4 Å². The van der Waals surface area contributed by atoms with Crippen LogP contribution < -0.4 is 5.73 Å². The van der Waals surface area contributed by atoms with Crippen LogP contribution in [0.1, 0.15) is 24.1 Å². The monoisotopic (exact) mass is 219 g/mol. The maximum absolute atomic E-state index is 12.8. The van der Waals surface area contributed by atoms with Crippen molar-refractivity contribution in [2.75, 3.05) is 5.73 Å². The Morgan fingerprint density at radius 3 is 2.20 bits per heavy atom. The van der Waals surface area contributed by atoms with Gasteiger partial charge in [0.15, 0.2) is 0 Å². The molecule has 0 bridgehead atoms. The number of nitrogens with zero attached hydrogens (tertiary/aromatic N) is 2. The van der Waals surface area contributed by atoms with E-state index in [1.165, 1.54) is 4.68 Å². The molecule has 2 N–H and O–H groups in total. The van der Waals surface area contributed by atoms with E-state index in [-0.39, 0.29) is 18.5 Å². The SMILES string of the molecule is Cc1c(C2(C(F)(F)F)CC2)nn(C)c1N. The molecule has 0 aromatic carbocycles. The molecule has 84 valence electrons. The van der Waals surface area contributed by atoms with Gasteiger partial charge in [-0.15, -0.1) is 0 Å². The molecule has 0 saturated heterocycles. The fourth-order valence-corrected chi connectivity index (χ4v) is 1.88. The number of aromatic nitrogens is 2. The summed E-state index contributed by atoms with van der Waals surface area (Å²) in [5.74, 6) is 0.306. The number of nitrogens with two attached hydrogens (primary N) is 1. The van der Waals surface area contributed by atoms with Crippen molar-refractivity contribution in [1.82, 2.24) is 9.78 Å². The maximum Gasteiger partial charge on any atom is 0.400 e. The molecular formula is C9H12F3N3. The van der Waals surface area contributed by atoms with E-state index >= 15 is 0 Å². The number of anilines is 1. The number of nitrogen functional groups attached to an aromatic ring is 1. The van der Waals surface area contributed by atoms with E-state index in [1.807, 2.05) is 0 Å². The first-order valence-corrected chi connectivity index (χ1v) is 4.66. The lowest BCUT2D eigenvalue weighted by Crippen LogP contribution is -2.29. The second-order valence-electron chi connectivity index (χ2n) is 4.06. The summed E-state index contributed by atoms with van der Waals surface area (Å²) in [6.45, 7) is 1.59. The zero-order chi connectivity index (χ0) is 11.4. The van der Waals surface area contributed by atoms with Crippen LogP contribution in [0, 0.1) is 6.92 Å². The highest BCUT2D eigenvalue weighted by Crippen LogP contribution is 2.59. The molecule has 0 amide bonds. The van der Waals surface area contributed by atoms with Gasteiger partial charge in [0, 0.05) is 12.6 Å². The summed E-state index contributed by atoms with van der Waals surface area (Å²) in [5.41, 5.74) is 4.42. The summed E-state index contributed by atoms with van der Waals surface area (Å²) < 4.78 is 39.7. The number of hydrogen-bond donors (Lipinski definition) is 1. The number of hydrogen-bond acceptors (Lipinski definition) is 2. The summed E-state index contributed by atoms with van der Waals surface area (Å²) in [7, 11) is 1.55. The summed E-state index contributed by atoms with van der Waals surface area (Å²) >= 11 is 0. The van der Waals surface area contributed by atoms with E-state index in [4.69, 9.17) is 5.73 Å². The lowest BCUT2D eigenvalue weighted by molar-refractivity contribution is -0.161. The molecule has 0 spiro atoms. The van der Waals surface area contributed by atoms with Gasteiger partial charge in [0.25, 0.3) is 0 Å². The molecule has 6 heteroatoms. The third-order valence-corrected chi connectivity index (χ3v) is 3.08. The highest BCUT2D eigenvalue weighted by atomic mass is 19.4. The smallest absolute Gasteiger partial charge is 0.384 e. The van der Waals surface area contributed by atoms with Crippen molar-refractivity contribution < 1.29 is 13.2 Å². The van der Waals surface area contributed by atoms with Crippen LogP contribution in [0.4, 0.5) is 19.0 Å². The third-order valence-electron chi connectivity index (χ3n) is 3.08. The highest BCUT2D eigenvalue weighted by Gasteiger charge is 2.66. The van der Waals surface area contributed by atoms with Crippen LogP contribution >= 0.6 is 0 Å². The largest absolute Gasteiger partial charge is 0.400 e. The maximum atomic E-state index is 12.8. The Kier molecular flexibility index (Phi) is 1.84. The van der Waals surface area contributed by atoms with Crippen LogP contribution in [0.15, 0.2) is 0 Å². The molecule has 0 aliphatic heterocycles. The standard InChI is InChI=1S/C9H12F3N3/c1-5-6(14-15(2)7(5)13)8(3-4-8)9(10,11)12/h3-4,13H2,1-2H3. The van der Waals surface area contributed by atoms with Crippen molar-refractivity contribution in [2.45, 2.75) is 31.4 Å². The molecule has 1 heterocycles. The molecular weight excluding hydrogens is 207 g/mol. The van der Waals surface area contributed by atoms with Crippen molar-refractivity contribution in [3.05, 3.63) is 11.3 Å². The third kappa shape index (κ3) is 1.23. The average Bonchev–Trinajstić information content (AvgIpc) is 2.86. The highest BCUT2D eigenvalue weighted by molar-refractivity contribution is 5.47.